The molecule has 2 aromatic heterocycles. The van der Waals surface area contributed by atoms with Crippen molar-refractivity contribution in [1.29, 1.82) is 0 Å². The minimum absolute atomic E-state index is 0.432. The van der Waals surface area contributed by atoms with Crippen molar-refractivity contribution in [2.24, 2.45) is 0 Å². The Labute approximate surface area is 120 Å². The van der Waals surface area contributed by atoms with Gasteiger partial charge in [0.15, 0.2) is 11.5 Å². The molecule has 0 saturated carbocycles. The van der Waals surface area contributed by atoms with Crippen LogP contribution in [0.3, 0.4) is 0 Å². The Morgan fingerprint density at radius 3 is 1.95 bits per heavy atom. The first-order valence-corrected chi connectivity index (χ1v) is 5.77. The molecule has 0 aliphatic carbocycles. The van der Waals surface area contributed by atoms with Crippen LogP contribution in [0.4, 0.5) is 39.5 Å². The first-order chi connectivity index (χ1) is 10.1. The zero-order valence-corrected chi connectivity index (χ0v) is 11.3. The van der Waals surface area contributed by atoms with Crippen molar-refractivity contribution in [2.75, 3.05) is 11.1 Å². The maximum absolute atomic E-state index is 13.8. The molecule has 0 saturated heterocycles. The number of halogens is 5. The van der Waals surface area contributed by atoms with Gasteiger partial charge in [-0.2, -0.15) is 37.5 Å². The van der Waals surface area contributed by atoms with E-state index in [1.807, 2.05) is 5.32 Å². The van der Waals surface area contributed by atoms with Gasteiger partial charge in [0.2, 0.25) is 23.5 Å². The largest absolute Gasteiger partial charge is 0.368 e. The summed E-state index contributed by atoms with van der Waals surface area (Å²) in [5.74, 6) is -8.79. The molecule has 0 unspecified atom stereocenters. The van der Waals surface area contributed by atoms with Crippen molar-refractivity contribution in [3.63, 3.8) is 0 Å². The highest BCUT2D eigenvalue weighted by atomic mass is 19.2. The number of aromatic nitrogens is 4. The minimum Gasteiger partial charge on any atom is -0.368 e. The second-order valence-corrected chi connectivity index (χ2v) is 4.63. The highest BCUT2D eigenvalue weighted by Gasteiger charge is 2.26. The van der Waals surface area contributed by atoms with Gasteiger partial charge >= 0.3 is 0 Å². The van der Waals surface area contributed by atoms with Crippen LogP contribution < -0.4 is 11.1 Å². The molecule has 0 fully saturated rings. The second-order valence-electron chi connectivity index (χ2n) is 4.63. The fourth-order valence-electron chi connectivity index (χ4n) is 1.42. The van der Waals surface area contributed by atoms with Gasteiger partial charge in [-0.05, 0) is 13.8 Å². The number of nitrogens with zero attached hydrogens (tertiary/aromatic N) is 4. The van der Waals surface area contributed by atoms with Gasteiger partial charge in [0, 0.05) is 0 Å². The molecule has 11 heteroatoms. The second kappa shape index (κ2) is 5.31. The summed E-state index contributed by atoms with van der Waals surface area (Å²) in [6.07, 6.45) is 0. The van der Waals surface area contributed by atoms with Crippen molar-refractivity contribution in [2.45, 2.75) is 19.5 Å². The summed E-state index contributed by atoms with van der Waals surface area (Å²) in [6, 6.07) is 0. The number of hydrogen-bond acceptors (Lipinski definition) is 6. The van der Waals surface area contributed by atoms with E-state index in [0.717, 1.165) is 13.8 Å². The molecular weight excluding hydrogens is 311 g/mol. The van der Waals surface area contributed by atoms with Crippen LogP contribution in [0.5, 0.6) is 0 Å². The minimum atomic E-state index is -2.03. The third-order valence-corrected chi connectivity index (χ3v) is 2.42. The average molecular weight is 320 g/mol. The molecule has 0 atom stereocenters. The van der Waals surface area contributed by atoms with Gasteiger partial charge in [-0.3, -0.25) is 0 Å². The topological polar surface area (TPSA) is 89.6 Å². The molecule has 0 amide bonds. The summed E-state index contributed by atoms with van der Waals surface area (Å²) < 4.78 is 66.8. The highest BCUT2D eigenvalue weighted by molar-refractivity contribution is 5.55. The van der Waals surface area contributed by atoms with Crippen molar-refractivity contribution in [3.8, 4) is 0 Å². The first kappa shape index (κ1) is 15.8. The maximum atomic E-state index is 13.8. The van der Waals surface area contributed by atoms with Crippen LogP contribution in [0.15, 0.2) is 0 Å². The van der Waals surface area contributed by atoms with E-state index in [9.17, 15) is 22.0 Å². The van der Waals surface area contributed by atoms with E-state index in [0.29, 0.717) is 0 Å². The van der Waals surface area contributed by atoms with Gasteiger partial charge in [-0.15, -0.1) is 0 Å². The Kier molecular flexibility index (Phi) is 3.81. The van der Waals surface area contributed by atoms with Crippen LogP contribution >= 0.6 is 0 Å². The molecule has 3 N–H and O–H groups in total. The number of rotatable bonds is 3. The lowest BCUT2D eigenvalue weighted by molar-refractivity contribution is 0.206. The predicted octanol–water partition coefficient (Wildman–Crippen LogP) is 2.35. The average Bonchev–Trinajstić information content (AvgIpc) is 2.40. The highest BCUT2D eigenvalue weighted by Crippen LogP contribution is 2.26. The summed E-state index contributed by atoms with van der Waals surface area (Å²) in [5, 5.41) is 1.90. The van der Waals surface area contributed by atoms with Crippen LogP contribution in [0.25, 0.3) is 0 Å². The zero-order chi connectivity index (χ0) is 16.7. The number of nitrogen functional groups attached to an aromatic ring is 1. The number of nitrogens with one attached hydrogen (secondary N) is 1. The Morgan fingerprint density at radius 1 is 0.909 bits per heavy atom. The first-order valence-electron chi connectivity index (χ1n) is 5.77. The SMILES string of the molecule is CC(C)(F)c1nc(N)nc(Nc2c(F)c(F)nc(F)c2F)n1. The van der Waals surface area contributed by atoms with E-state index in [4.69, 9.17) is 5.73 Å². The lowest BCUT2D eigenvalue weighted by Gasteiger charge is -2.14. The molecule has 2 aromatic rings. The molecule has 2 heterocycles. The van der Waals surface area contributed by atoms with Crippen LogP contribution in [0.1, 0.15) is 19.7 Å². The van der Waals surface area contributed by atoms with Gasteiger partial charge in [0.05, 0.1) is 0 Å². The fourth-order valence-corrected chi connectivity index (χ4v) is 1.42. The molecule has 0 aromatic carbocycles. The van der Waals surface area contributed by atoms with Gasteiger partial charge in [0.1, 0.15) is 5.69 Å². The smallest absolute Gasteiger partial charge is 0.253 e. The number of nitrogens with two attached hydrogens (primary N) is 1. The van der Waals surface area contributed by atoms with Crippen LogP contribution in [-0.4, -0.2) is 19.9 Å². The van der Waals surface area contributed by atoms with E-state index in [1.54, 1.807) is 0 Å². The third-order valence-electron chi connectivity index (χ3n) is 2.42. The Balaban J connectivity index is 2.51. The molecule has 0 spiro atoms. The summed E-state index contributed by atoms with van der Waals surface area (Å²) in [5.41, 5.74) is 2.08. The van der Waals surface area contributed by atoms with E-state index in [-0.39, 0.29) is 0 Å². The monoisotopic (exact) mass is 320 g/mol. The lowest BCUT2D eigenvalue weighted by atomic mass is 10.1. The molecule has 22 heavy (non-hydrogen) atoms. The normalized spacial score (nSPS) is 11.6. The quantitative estimate of drug-likeness (QED) is 0.666. The van der Waals surface area contributed by atoms with Gasteiger partial charge in [0.25, 0.3) is 11.9 Å². The van der Waals surface area contributed by atoms with Crippen molar-refractivity contribution in [1.82, 2.24) is 19.9 Å². The van der Waals surface area contributed by atoms with E-state index in [1.165, 1.54) is 0 Å². The van der Waals surface area contributed by atoms with Gasteiger partial charge in [-0.1, -0.05) is 0 Å². The van der Waals surface area contributed by atoms with Crippen LogP contribution in [-0.2, 0) is 5.67 Å². The molecule has 6 nitrogen and oxygen atoms in total. The fraction of sp³-hybridized carbons (Fsp3) is 0.273. The summed E-state index contributed by atoms with van der Waals surface area (Å²) in [4.78, 5) is 12.9. The lowest BCUT2D eigenvalue weighted by Crippen LogP contribution is -2.18. The van der Waals surface area contributed by atoms with Gasteiger partial charge < -0.3 is 11.1 Å². The van der Waals surface area contributed by atoms with Crippen molar-refractivity contribution >= 4 is 17.6 Å². The predicted molar refractivity (Wildman–Crippen MR) is 65.7 cm³/mol. The molecule has 0 radical (unpaired) electrons. The number of hydrogen-bond donors (Lipinski definition) is 2. The van der Waals surface area contributed by atoms with Crippen LogP contribution in [0, 0.1) is 23.5 Å². The van der Waals surface area contributed by atoms with Crippen molar-refractivity contribution < 1.29 is 22.0 Å². The molecule has 118 valence electrons. The zero-order valence-electron chi connectivity index (χ0n) is 11.3. The summed E-state index contributed by atoms with van der Waals surface area (Å²) in [6.45, 7) is 2.22. The van der Waals surface area contributed by atoms with Crippen LogP contribution in [0.2, 0.25) is 0 Å². The van der Waals surface area contributed by atoms with Crippen molar-refractivity contribution in [3.05, 3.63) is 29.4 Å². The number of alkyl halides is 1. The summed E-state index contributed by atoms with van der Waals surface area (Å²) in [7, 11) is 0. The molecule has 2 rings (SSSR count). The molecular formula is C11H9F5N6. The van der Waals surface area contributed by atoms with E-state index >= 15 is 0 Å². The van der Waals surface area contributed by atoms with E-state index < -0.39 is 52.6 Å². The third kappa shape index (κ3) is 3.02. The molecule has 0 aliphatic rings. The van der Waals surface area contributed by atoms with Gasteiger partial charge in [-0.25, -0.2) is 4.39 Å². The standard InChI is InChI=1S/C11H9F5N6/c1-11(2,16)8-20-9(17)22-10(21-8)18-5-3(12)6(14)19-7(15)4(5)13/h1-2H3,(H3,17,18,19,20,21,22). The maximum Gasteiger partial charge on any atom is 0.253 e. The Bertz CT molecular complexity index is 704. The molecule has 0 bridgehead atoms. The van der Waals surface area contributed by atoms with E-state index in [2.05, 4.69) is 19.9 Å². The Morgan fingerprint density at radius 2 is 1.45 bits per heavy atom. The summed E-state index contributed by atoms with van der Waals surface area (Å²) >= 11 is 0. The Hall–Kier alpha value is -2.59. The number of anilines is 3. The number of pyridine rings is 1. The molecule has 0 aliphatic heterocycles.